The number of piperidine rings is 1. The third kappa shape index (κ3) is 3.96. The van der Waals surface area contributed by atoms with Crippen molar-refractivity contribution < 1.29 is 23.5 Å². The van der Waals surface area contributed by atoms with Crippen molar-refractivity contribution in [2.24, 2.45) is 5.92 Å². The minimum atomic E-state index is -0.406. The Labute approximate surface area is 161 Å². The van der Waals surface area contributed by atoms with Crippen molar-refractivity contribution in [1.29, 1.82) is 0 Å². The average Bonchev–Trinajstić information content (AvgIpc) is 2.61. The van der Waals surface area contributed by atoms with Crippen LogP contribution in [0.2, 0.25) is 5.02 Å². The van der Waals surface area contributed by atoms with Crippen molar-refractivity contribution in [2.75, 3.05) is 39.4 Å². The molecule has 0 saturated carbocycles. The molecule has 2 atom stereocenters. The normalized spacial score (nSPS) is 25.5. The van der Waals surface area contributed by atoms with Gasteiger partial charge in [-0.05, 0) is 24.6 Å². The number of fused-ring (bicyclic) bond motifs is 1. The third-order valence-corrected chi connectivity index (χ3v) is 5.49. The summed E-state index contributed by atoms with van der Waals surface area (Å²) in [5.41, 5.74) is 0. The molecular formula is C18H21ClFN3O4. The van der Waals surface area contributed by atoms with Crippen LogP contribution in [0, 0.1) is 11.7 Å². The Morgan fingerprint density at radius 2 is 2.15 bits per heavy atom. The standard InChI is InChI=1S/C18H21ClFN3O4/c19-13-5-12(20)1-2-15(13)26-9-11-6-23(7-11)18(25)22-4-3-16-14(8-22)21-17(24)10-27-16/h1-2,5,11,14,16H,3-4,6-10H2,(H,21,24)/t14?,16-/m0/s1. The molecule has 3 aliphatic heterocycles. The molecule has 27 heavy (non-hydrogen) atoms. The lowest BCUT2D eigenvalue weighted by Gasteiger charge is -2.46. The van der Waals surface area contributed by atoms with Gasteiger partial charge in [0, 0.05) is 32.1 Å². The van der Waals surface area contributed by atoms with Crippen molar-refractivity contribution >= 4 is 23.5 Å². The first-order chi connectivity index (χ1) is 13.0. The highest BCUT2D eigenvalue weighted by Crippen LogP contribution is 2.27. The lowest BCUT2D eigenvalue weighted by atomic mass is 9.99. The van der Waals surface area contributed by atoms with Crippen LogP contribution in [0.5, 0.6) is 5.75 Å². The largest absolute Gasteiger partial charge is 0.492 e. The number of ether oxygens (including phenoxy) is 2. The van der Waals surface area contributed by atoms with Gasteiger partial charge in [0.2, 0.25) is 5.91 Å². The number of halogens is 2. The van der Waals surface area contributed by atoms with Gasteiger partial charge in [-0.2, -0.15) is 0 Å². The first-order valence-electron chi connectivity index (χ1n) is 9.02. The summed E-state index contributed by atoms with van der Waals surface area (Å²) < 4.78 is 24.2. The summed E-state index contributed by atoms with van der Waals surface area (Å²) in [6.45, 7) is 2.82. The summed E-state index contributed by atoms with van der Waals surface area (Å²) in [6, 6.07) is 3.86. The van der Waals surface area contributed by atoms with E-state index in [1.807, 2.05) is 0 Å². The third-order valence-electron chi connectivity index (χ3n) is 5.19. The molecule has 1 aromatic rings. The van der Waals surface area contributed by atoms with Gasteiger partial charge in [-0.3, -0.25) is 4.79 Å². The number of rotatable bonds is 3. The highest BCUT2D eigenvalue weighted by atomic mass is 35.5. The Morgan fingerprint density at radius 1 is 1.33 bits per heavy atom. The fourth-order valence-corrected chi connectivity index (χ4v) is 3.93. The summed E-state index contributed by atoms with van der Waals surface area (Å²) in [4.78, 5) is 27.7. The molecule has 3 saturated heterocycles. The Kier molecular flexibility index (Phi) is 5.10. The van der Waals surface area contributed by atoms with Gasteiger partial charge in [0.25, 0.3) is 0 Å². The van der Waals surface area contributed by atoms with Gasteiger partial charge in [-0.1, -0.05) is 11.6 Å². The molecule has 3 heterocycles. The van der Waals surface area contributed by atoms with Crippen molar-refractivity contribution in [3.05, 3.63) is 29.0 Å². The number of urea groups is 1. The van der Waals surface area contributed by atoms with Gasteiger partial charge >= 0.3 is 6.03 Å². The van der Waals surface area contributed by atoms with E-state index in [0.29, 0.717) is 38.5 Å². The Hall–Kier alpha value is -2.06. The molecular weight excluding hydrogens is 377 g/mol. The summed E-state index contributed by atoms with van der Waals surface area (Å²) in [6.07, 6.45) is 0.713. The molecule has 1 N–H and O–H groups in total. The number of morpholine rings is 1. The zero-order valence-electron chi connectivity index (χ0n) is 14.7. The maximum absolute atomic E-state index is 13.0. The fourth-order valence-electron chi connectivity index (χ4n) is 3.70. The number of amides is 3. The van der Waals surface area contributed by atoms with E-state index in [1.54, 1.807) is 9.80 Å². The van der Waals surface area contributed by atoms with Gasteiger partial charge in [0.15, 0.2) is 0 Å². The zero-order chi connectivity index (χ0) is 19.0. The molecule has 0 aromatic heterocycles. The monoisotopic (exact) mass is 397 g/mol. The summed E-state index contributed by atoms with van der Waals surface area (Å²) in [7, 11) is 0. The van der Waals surface area contributed by atoms with Gasteiger partial charge in [0.05, 0.1) is 23.8 Å². The SMILES string of the molecule is O=C1CO[C@H]2CCN(C(=O)N3CC(COc4ccc(F)cc4Cl)C3)CC2N1. The topological polar surface area (TPSA) is 71.1 Å². The van der Waals surface area contributed by atoms with Crippen LogP contribution in [0.4, 0.5) is 9.18 Å². The second kappa shape index (κ2) is 7.52. The summed E-state index contributed by atoms with van der Waals surface area (Å²) in [5.74, 6) is 0.116. The van der Waals surface area contributed by atoms with Crippen LogP contribution in [-0.4, -0.2) is 73.3 Å². The predicted molar refractivity (Wildman–Crippen MR) is 95.2 cm³/mol. The molecule has 0 bridgehead atoms. The number of hydrogen-bond donors (Lipinski definition) is 1. The van der Waals surface area contributed by atoms with Crippen molar-refractivity contribution in [1.82, 2.24) is 15.1 Å². The van der Waals surface area contributed by atoms with E-state index in [2.05, 4.69) is 5.32 Å². The molecule has 4 rings (SSSR count). The highest BCUT2D eigenvalue weighted by Gasteiger charge is 2.40. The Morgan fingerprint density at radius 3 is 2.93 bits per heavy atom. The van der Waals surface area contributed by atoms with Crippen molar-refractivity contribution in [3.8, 4) is 5.75 Å². The van der Waals surface area contributed by atoms with Crippen molar-refractivity contribution in [3.63, 3.8) is 0 Å². The van der Waals surface area contributed by atoms with Gasteiger partial charge in [-0.25, -0.2) is 9.18 Å². The fraction of sp³-hybridized carbons (Fsp3) is 0.556. The number of likely N-dealkylation sites (tertiary alicyclic amines) is 2. The first kappa shape index (κ1) is 18.3. The van der Waals surface area contributed by atoms with Crippen molar-refractivity contribution in [2.45, 2.75) is 18.6 Å². The Balaban J connectivity index is 1.23. The van der Waals surface area contributed by atoms with Gasteiger partial charge in [-0.15, -0.1) is 0 Å². The van der Waals surface area contributed by atoms with Crippen LogP contribution >= 0.6 is 11.6 Å². The molecule has 146 valence electrons. The molecule has 1 aromatic carbocycles. The average molecular weight is 398 g/mol. The number of carbonyl (C=O) groups excluding carboxylic acids is 2. The molecule has 0 radical (unpaired) electrons. The number of carbonyl (C=O) groups is 2. The molecule has 3 amide bonds. The highest BCUT2D eigenvalue weighted by molar-refractivity contribution is 6.32. The minimum Gasteiger partial charge on any atom is -0.492 e. The van der Waals surface area contributed by atoms with E-state index in [9.17, 15) is 14.0 Å². The molecule has 0 spiro atoms. The second-order valence-corrected chi connectivity index (χ2v) is 7.60. The number of nitrogens with one attached hydrogen (secondary N) is 1. The molecule has 3 aliphatic rings. The van der Waals surface area contributed by atoms with E-state index in [4.69, 9.17) is 21.1 Å². The summed E-state index contributed by atoms with van der Waals surface area (Å²) in [5, 5.41) is 3.14. The first-order valence-corrected chi connectivity index (χ1v) is 9.40. The number of nitrogens with zero attached hydrogens (tertiary/aromatic N) is 2. The van der Waals surface area contributed by atoms with Gasteiger partial charge in [0.1, 0.15) is 18.2 Å². The molecule has 7 nitrogen and oxygen atoms in total. The van der Waals surface area contributed by atoms with Gasteiger partial charge < -0.3 is 24.6 Å². The van der Waals surface area contributed by atoms with Crippen LogP contribution in [0.3, 0.4) is 0 Å². The Bertz CT molecular complexity index is 743. The zero-order valence-corrected chi connectivity index (χ0v) is 15.5. The van der Waals surface area contributed by atoms with Crippen LogP contribution < -0.4 is 10.1 Å². The lowest BCUT2D eigenvalue weighted by molar-refractivity contribution is -0.139. The molecule has 0 aliphatic carbocycles. The predicted octanol–water partition coefficient (Wildman–Crippen LogP) is 1.50. The maximum Gasteiger partial charge on any atom is 0.320 e. The second-order valence-electron chi connectivity index (χ2n) is 7.20. The summed E-state index contributed by atoms with van der Waals surface area (Å²) >= 11 is 5.94. The van der Waals surface area contributed by atoms with E-state index in [0.717, 1.165) is 6.42 Å². The lowest BCUT2D eigenvalue weighted by Crippen LogP contribution is -2.64. The number of hydrogen-bond acceptors (Lipinski definition) is 4. The van der Waals surface area contributed by atoms with E-state index < -0.39 is 5.82 Å². The van der Waals surface area contributed by atoms with Crippen LogP contribution in [0.25, 0.3) is 0 Å². The van der Waals surface area contributed by atoms with E-state index >= 15 is 0 Å². The van der Waals surface area contributed by atoms with Crippen LogP contribution in [-0.2, 0) is 9.53 Å². The molecule has 3 fully saturated rings. The number of benzene rings is 1. The molecule has 9 heteroatoms. The smallest absolute Gasteiger partial charge is 0.320 e. The quantitative estimate of drug-likeness (QED) is 0.839. The molecule has 1 unspecified atom stereocenters. The maximum atomic E-state index is 13.0. The van der Waals surface area contributed by atoms with Crippen LogP contribution in [0.1, 0.15) is 6.42 Å². The minimum absolute atomic E-state index is 0.00949. The van der Waals surface area contributed by atoms with Crippen LogP contribution in [0.15, 0.2) is 18.2 Å². The van der Waals surface area contributed by atoms with E-state index in [-0.39, 0.29) is 41.6 Å². The van der Waals surface area contributed by atoms with E-state index in [1.165, 1.54) is 18.2 Å².